The third kappa shape index (κ3) is 1.53. The Morgan fingerprint density at radius 3 is 2.27 bits per heavy atom. The van der Waals surface area contributed by atoms with Crippen LogP contribution in [0, 0.1) is 11.8 Å². The molecule has 0 aromatic carbocycles. The highest BCUT2D eigenvalue weighted by Crippen LogP contribution is 2.52. The van der Waals surface area contributed by atoms with Gasteiger partial charge in [-0.15, -0.1) is 0 Å². The van der Waals surface area contributed by atoms with Crippen molar-refractivity contribution in [2.24, 2.45) is 11.8 Å². The van der Waals surface area contributed by atoms with Crippen LogP contribution in [0.3, 0.4) is 0 Å². The Labute approximate surface area is 90.1 Å². The van der Waals surface area contributed by atoms with E-state index in [2.05, 4.69) is 0 Å². The number of ether oxygens (including phenoxy) is 2. The van der Waals surface area contributed by atoms with Gasteiger partial charge < -0.3 is 9.47 Å². The molecule has 15 heavy (non-hydrogen) atoms. The smallest absolute Gasteiger partial charge is 0.163 e. The molecule has 2 aliphatic carbocycles. The molecule has 84 valence electrons. The highest BCUT2D eigenvalue weighted by Gasteiger charge is 2.55. The fourth-order valence-corrected chi connectivity index (χ4v) is 3.61. The summed E-state index contributed by atoms with van der Waals surface area (Å²) in [7, 11) is 0. The van der Waals surface area contributed by atoms with Crippen molar-refractivity contribution in [2.45, 2.75) is 50.9 Å². The number of carbonyl (C=O) groups excluding carboxylic acids is 1. The normalized spacial score (nSPS) is 47.7. The van der Waals surface area contributed by atoms with E-state index in [9.17, 15) is 4.79 Å². The summed E-state index contributed by atoms with van der Waals surface area (Å²) in [6.45, 7) is 4.66. The molecule has 0 radical (unpaired) electrons. The Morgan fingerprint density at radius 1 is 1.20 bits per heavy atom. The molecule has 0 N–H and O–H groups in total. The van der Waals surface area contributed by atoms with Crippen molar-refractivity contribution in [3.63, 3.8) is 0 Å². The molecule has 3 nitrogen and oxygen atoms in total. The third-order valence-electron chi connectivity index (χ3n) is 4.06. The summed E-state index contributed by atoms with van der Waals surface area (Å²) in [6.07, 6.45) is 3.59. The van der Waals surface area contributed by atoms with Gasteiger partial charge in [0.25, 0.3) is 0 Å². The monoisotopic (exact) mass is 210 g/mol. The Kier molecular flexibility index (Phi) is 1.85. The zero-order valence-electron chi connectivity index (χ0n) is 9.41. The molecule has 0 amide bonds. The van der Waals surface area contributed by atoms with E-state index >= 15 is 0 Å². The topological polar surface area (TPSA) is 35.5 Å². The van der Waals surface area contributed by atoms with Crippen LogP contribution in [0.5, 0.6) is 0 Å². The number of hydrogen-bond acceptors (Lipinski definition) is 3. The first-order valence-electron chi connectivity index (χ1n) is 5.84. The van der Waals surface area contributed by atoms with Crippen molar-refractivity contribution in [2.75, 3.05) is 6.61 Å². The minimum absolute atomic E-state index is 0.0699. The average Bonchev–Trinajstić information content (AvgIpc) is 2.64. The molecule has 3 heteroatoms. The van der Waals surface area contributed by atoms with Crippen LogP contribution in [-0.4, -0.2) is 23.8 Å². The zero-order chi connectivity index (χ0) is 10.7. The second kappa shape index (κ2) is 2.83. The van der Waals surface area contributed by atoms with Crippen LogP contribution in [0.4, 0.5) is 0 Å². The minimum atomic E-state index is -0.428. The van der Waals surface area contributed by atoms with Crippen molar-refractivity contribution in [1.29, 1.82) is 0 Å². The molecular weight excluding hydrogens is 192 g/mol. The summed E-state index contributed by atoms with van der Waals surface area (Å²) >= 11 is 0. The molecule has 1 spiro atoms. The van der Waals surface area contributed by atoms with Gasteiger partial charge in [0.1, 0.15) is 5.78 Å². The minimum Gasteiger partial charge on any atom is -0.347 e. The van der Waals surface area contributed by atoms with E-state index in [-0.39, 0.29) is 5.60 Å². The molecule has 0 bridgehead atoms. The molecule has 3 atom stereocenters. The number of fused-ring (bicyclic) bond motifs is 1. The Hall–Kier alpha value is -0.410. The number of Topliss-reactive ketones (excluding diaryl/α,β-unsaturated/α-hetero) is 1. The van der Waals surface area contributed by atoms with E-state index in [4.69, 9.17) is 9.47 Å². The lowest BCUT2D eigenvalue weighted by Crippen LogP contribution is -2.32. The molecule has 2 saturated carbocycles. The van der Waals surface area contributed by atoms with E-state index in [0.29, 0.717) is 24.2 Å². The molecule has 3 rings (SSSR count). The van der Waals surface area contributed by atoms with Gasteiger partial charge >= 0.3 is 0 Å². The van der Waals surface area contributed by atoms with Crippen molar-refractivity contribution in [1.82, 2.24) is 0 Å². The van der Waals surface area contributed by atoms with E-state index in [1.165, 1.54) is 0 Å². The Balaban J connectivity index is 1.75. The predicted molar refractivity (Wildman–Crippen MR) is 54.3 cm³/mol. The van der Waals surface area contributed by atoms with Crippen LogP contribution in [0.25, 0.3) is 0 Å². The van der Waals surface area contributed by atoms with Crippen molar-refractivity contribution in [3.8, 4) is 0 Å². The van der Waals surface area contributed by atoms with Gasteiger partial charge in [-0.1, -0.05) is 0 Å². The summed E-state index contributed by atoms with van der Waals surface area (Å²) in [5.74, 6) is 1.14. The van der Waals surface area contributed by atoms with Gasteiger partial charge in [-0.2, -0.15) is 0 Å². The van der Waals surface area contributed by atoms with E-state index in [1.54, 1.807) is 0 Å². The fourth-order valence-electron chi connectivity index (χ4n) is 3.61. The maximum atomic E-state index is 11.3. The molecule has 3 aliphatic rings. The number of rotatable bonds is 0. The highest BCUT2D eigenvalue weighted by molar-refractivity contribution is 5.81. The van der Waals surface area contributed by atoms with Gasteiger partial charge in [0.15, 0.2) is 5.79 Å². The summed E-state index contributed by atoms with van der Waals surface area (Å²) in [4.78, 5) is 11.3. The number of ketones is 1. The molecule has 1 unspecified atom stereocenters. The Morgan fingerprint density at radius 2 is 1.80 bits per heavy atom. The van der Waals surface area contributed by atoms with Crippen molar-refractivity contribution >= 4 is 5.78 Å². The molecule has 3 fully saturated rings. The third-order valence-corrected chi connectivity index (χ3v) is 4.06. The first kappa shape index (κ1) is 9.79. The summed E-state index contributed by atoms with van der Waals surface area (Å²) < 4.78 is 11.7. The lowest BCUT2D eigenvalue weighted by atomic mass is 9.99. The summed E-state index contributed by atoms with van der Waals surface area (Å²) in [6, 6.07) is 0. The number of hydrogen-bond donors (Lipinski definition) is 0. The maximum absolute atomic E-state index is 11.3. The standard InChI is InChI=1S/C12H18O3/c1-11(2)14-7-12(15-11)5-8-3-10(13)4-9(8)6-12/h8-9H,3-7H2,1-2H3/t8-,9+,12?. The van der Waals surface area contributed by atoms with Crippen molar-refractivity contribution < 1.29 is 14.3 Å². The van der Waals surface area contributed by atoms with Crippen LogP contribution >= 0.6 is 0 Å². The second-order valence-corrected chi connectivity index (χ2v) is 5.85. The summed E-state index contributed by atoms with van der Waals surface area (Å²) in [5.41, 5.74) is -0.0699. The van der Waals surface area contributed by atoms with Gasteiger partial charge in [0.05, 0.1) is 12.2 Å². The van der Waals surface area contributed by atoms with Crippen LogP contribution in [0.2, 0.25) is 0 Å². The van der Waals surface area contributed by atoms with Gasteiger partial charge in [-0.3, -0.25) is 4.79 Å². The van der Waals surface area contributed by atoms with Crippen LogP contribution in [0.1, 0.15) is 39.5 Å². The molecular formula is C12H18O3. The van der Waals surface area contributed by atoms with Crippen LogP contribution in [-0.2, 0) is 14.3 Å². The van der Waals surface area contributed by atoms with Gasteiger partial charge in [0, 0.05) is 12.8 Å². The van der Waals surface area contributed by atoms with E-state index < -0.39 is 5.79 Å². The SMILES string of the molecule is CC1(C)OCC2(C[C@H]3CC(=O)C[C@H]3C2)O1. The van der Waals surface area contributed by atoms with E-state index in [1.807, 2.05) is 13.8 Å². The first-order chi connectivity index (χ1) is 6.98. The molecule has 1 saturated heterocycles. The summed E-state index contributed by atoms with van der Waals surface area (Å²) in [5, 5.41) is 0. The molecule has 1 aliphatic heterocycles. The largest absolute Gasteiger partial charge is 0.347 e. The molecule has 0 aromatic heterocycles. The lowest BCUT2D eigenvalue weighted by Gasteiger charge is -2.25. The van der Waals surface area contributed by atoms with Crippen molar-refractivity contribution in [3.05, 3.63) is 0 Å². The second-order valence-electron chi connectivity index (χ2n) is 5.85. The van der Waals surface area contributed by atoms with Crippen LogP contribution < -0.4 is 0 Å². The maximum Gasteiger partial charge on any atom is 0.163 e. The molecule has 1 heterocycles. The van der Waals surface area contributed by atoms with Gasteiger partial charge in [0.2, 0.25) is 0 Å². The predicted octanol–water partition coefficient (Wildman–Crippen LogP) is 1.90. The number of carbonyl (C=O) groups is 1. The molecule has 0 aromatic rings. The zero-order valence-corrected chi connectivity index (χ0v) is 9.41. The first-order valence-corrected chi connectivity index (χ1v) is 5.84. The van der Waals surface area contributed by atoms with Gasteiger partial charge in [-0.25, -0.2) is 0 Å². The average molecular weight is 210 g/mol. The quantitative estimate of drug-likeness (QED) is 0.612. The van der Waals surface area contributed by atoms with Crippen LogP contribution in [0.15, 0.2) is 0 Å². The van der Waals surface area contributed by atoms with Gasteiger partial charge in [-0.05, 0) is 38.5 Å². The fraction of sp³-hybridized carbons (Fsp3) is 0.917. The lowest BCUT2D eigenvalue weighted by molar-refractivity contribution is -0.160. The Bertz CT molecular complexity index is 292. The van der Waals surface area contributed by atoms with E-state index in [0.717, 1.165) is 25.7 Å². The highest BCUT2D eigenvalue weighted by atomic mass is 16.8.